The number of carbonyl (C=O) groups excluding carboxylic acids is 1. The summed E-state index contributed by atoms with van der Waals surface area (Å²) in [5.74, 6) is -1.38. The van der Waals surface area contributed by atoms with E-state index >= 15 is 0 Å². The van der Waals surface area contributed by atoms with Gasteiger partial charge in [-0.2, -0.15) is 0 Å². The fourth-order valence-electron chi connectivity index (χ4n) is 4.58. The predicted octanol–water partition coefficient (Wildman–Crippen LogP) is 3.67. The lowest BCUT2D eigenvalue weighted by atomic mass is 9.95. The fraction of sp³-hybridized carbons (Fsp3) is 0.435. The zero-order chi connectivity index (χ0) is 22.2. The summed E-state index contributed by atoms with van der Waals surface area (Å²) in [6, 6.07) is 10.6. The van der Waals surface area contributed by atoms with Gasteiger partial charge in [-0.25, -0.2) is 21.9 Å². The van der Waals surface area contributed by atoms with Crippen molar-refractivity contribution in [1.29, 1.82) is 0 Å². The zero-order valence-corrected chi connectivity index (χ0v) is 18.2. The highest BCUT2D eigenvalue weighted by Crippen LogP contribution is 2.52. The number of rotatable bonds is 5. The second kappa shape index (κ2) is 8.67. The van der Waals surface area contributed by atoms with E-state index in [1.54, 1.807) is 35.2 Å². The molecule has 4 rings (SSSR count). The predicted molar refractivity (Wildman–Crippen MR) is 115 cm³/mol. The third kappa shape index (κ3) is 4.96. The molecule has 0 spiro atoms. The van der Waals surface area contributed by atoms with Gasteiger partial charge in [-0.1, -0.05) is 30.3 Å². The number of nitrogens with zero attached hydrogens (tertiary/aromatic N) is 1. The third-order valence-corrected chi connectivity index (χ3v) is 6.88. The van der Waals surface area contributed by atoms with Gasteiger partial charge in [0.1, 0.15) is 11.6 Å². The quantitative estimate of drug-likeness (QED) is 0.759. The van der Waals surface area contributed by atoms with Gasteiger partial charge in [0.25, 0.3) is 0 Å². The molecular formula is C23H26F2N2O3S. The molecule has 2 aromatic carbocycles. The van der Waals surface area contributed by atoms with Gasteiger partial charge in [0, 0.05) is 36.2 Å². The number of carbonyl (C=O) groups is 1. The van der Waals surface area contributed by atoms with Crippen LogP contribution >= 0.6 is 0 Å². The second-order valence-electron chi connectivity index (χ2n) is 8.48. The Balaban J connectivity index is 1.49. The lowest BCUT2D eigenvalue weighted by molar-refractivity contribution is -0.132. The van der Waals surface area contributed by atoms with Crippen LogP contribution in [0.1, 0.15) is 37.2 Å². The summed E-state index contributed by atoms with van der Waals surface area (Å²) in [4.78, 5) is 14.9. The van der Waals surface area contributed by atoms with Crippen molar-refractivity contribution >= 4 is 15.9 Å². The Morgan fingerprint density at radius 3 is 2.52 bits per heavy atom. The molecule has 0 unspecified atom stereocenters. The van der Waals surface area contributed by atoms with Gasteiger partial charge in [0.05, 0.1) is 6.26 Å². The van der Waals surface area contributed by atoms with Crippen molar-refractivity contribution in [3.8, 4) is 11.1 Å². The van der Waals surface area contributed by atoms with E-state index in [-0.39, 0.29) is 34.9 Å². The van der Waals surface area contributed by atoms with Crippen LogP contribution in [0.3, 0.4) is 0 Å². The molecule has 1 saturated carbocycles. The summed E-state index contributed by atoms with van der Waals surface area (Å²) in [5.41, 5.74) is 1.10. The number of benzene rings is 2. The summed E-state index contributed by atoms with van der Waals surface area (Å²) in [7, 11) is -3.28. The van der Waals surface area contributed by atoms with Crippen LogP contribution in [0.4, 0.5) is 8.78 Å². The van der Waals surface area contributed by atoms with Crippen molar-refractivity contribution in [3.63, 3.8) is 0 Å². The molecule has 1 aliphatic carbocycles. The van der Waals surface area contributed by atoms with E-state index in [9.17, 15) is 22.0 Å². The molecule has 1 N–H and O–H groups in total. The number of nitrogens with one attached hydrogen (secondary N) is 1. The zero-order valence-electron chi connectivity index (χ0n) is 17.4. The maximum Gasteiger partial charge on any atom is 0.226 e. The van der Waals surface area contributed by atoms with Crippen LogP contribution < -0.4 is 4.72 Å². The molecule has 1 heterocycles. The van der Waals surface area contributed by atoms with E-state index < -0.39 is 21.7 Å². The molecule has 8 heteroatoms. The fourth-order valence-corrected chi connectivity index (χ4v) is 5.42. The maximum absolute atomic E-state index is 14.7. The van der Waals surface area contributed by atoms with Gasteiger partial charge in [0.15, 0.2) is 0 Å². The highest BCUT2D eigenvalue weighted by Gasteiger charge is 2.47. The third-order valence-electron chi connectivity index (χ3n) is 6.12. The number of hydrogen-bond acceptors (Lipinski definition) is 3. The highest BCUT2D eigenvalue weighted by molar-refractivity contribution is 7.88. The van der Waals surface area contributed by atoms with Gasteiger partial charge >= 0.3 is 0 Å². The summed E-state index contributed by atoms with van der Waals surface area (Å²) in [6.07, 6.45) is 3.71. The van der Waals surface area contributed by atoms with E-state index in [2.05, 4.69) is 4.72 Å². The first-order chi connectivity index (χ1) is 14.7. The molecule has 2 fully saturated rings. The summed E-state index contributed by atoms with van der Waals surface area (Å²) >= 11 is 0. The van der Waals surface area contributed by atoms with Crippen LogP contribution in [0, 0.1) is 17.6 Å². The molecule has 0 bridgehead atoms. The lowest BCUT2D eigenvalue weighted by Crippen LogP contribution is -2.36. The Morgan fingerprint density at radius 2 is 1.77 bits per heavy atom. The smallest absolute Gasteiger partial charge is 0.226 e. The van der Waals surface area contributed by atoms with E-state index in [1.165, 1.54) is 12.1 Å². The van der Waals surface area contributed by atoms with Gasteiger partial charge in [-0.3, -0.25) is 4.79 Å². The van der Waals surface area contributed by atoms with Crippen molar-refractivity contribution in [1.82, 2.24) is 9.62 Å². The average molecular weight is 449 g/mol. The molecule has 166 valence electrons. The molecule has 1 aliphatic heterocycles. The number of halogens is 2. The SMILES string of the molecule is CS(=O)(=O)N[C@H]1CCCN(C(=O)[C@@H]2C[C@H]2c2cccc(F)c2-c2ccccc2F)CC1. The summed E-state index contributed by atoms with van der Waals surface area (Å²) in [6.45, 7) is 1.06. The molecule has 5 nitrogen and oxygen atoms in total. The summed E-state index contributed by atoms with van der Waals surface area (Å²) < 4.78 is 54.7. The van der Waals surface area contributed by atoms with Gasteiger partial charge in [0.2, 0.25) is 15.9 Å². The van der Waals surface area contributed by atoms with Gasteiger partial charge in [-0.15, -0.1) is 0 Å². The standard InChI is InChI=1S/C23H26F2N2O3S/c1-31(29,30)26-15-6-5-12-27(13-11-15)23(28)19-14-18(19)16-8-4-10-21(25)22(16)17-7-2-3-9-20(17)24/h2-4,7-10,15,18-19,26H,5-6,11-14H2,1H3/t15-,18-,19+/m0/s1. The van der Waals surface area contributed by atoms with Gasteiger partial charge < -0.3 is 4.90 Å². The van der Waals surface area contributed by atoms with Crippen LogP contribution in [0.25, 0.3) is 11.1 Å². The van der Waals surface area contributed by atoms with Crippen molar-refractivity contribution in [2.75, 3.05) is 19.3 Å². The number of likely N-dealkylation sites (tertiary alicyclic amines) is 1. The van der Waals surface area contributed by atoms with Crippen molar-refractivity contribution in [2.45, 2.75) is 37.6 Å². The van der Waals surface area contributed by atoms with E-state index in [0.717, 1.165) is 12.7 Å². The topological polar surface area (TPSA) is 66.5 Å². The lowest BCUT2D eigenvalue weighted by Gasteiger charge is -2.21. The van der Waals surface area contributed by atoms with Crippen molar-refractivity contribution in [3.05, 3.63) is 59.7 Å². The minimum atomic E-state index is -3.28. The molecule has 0 radical (unpaired) electrons. The second-order valence-corrected chi connectivity index (χ2v) is 10.3. The first-order valence-electron chi connectivity index (χ1n) is 10.5. The van der Waals surface area contributed by atoms with E-state index in [1.807, 2.05) is 0 Å². The van der Waals surface area contributed by atoms with Gasteiger partial charge in [-0.05, 0) is 49.3 Å². The molecule has 31 heavy (non-hydrogen) atoms. The Morgan fingerprint density at radius 1 is 1.03 bits per heavy atom. The van der Waals surface area contributed by atoms with E-state index in [0.29, 0.717) is 37.9 Å². The molecule has 1 saturated heterocycles. The van der Waals surface area contributed by atoms with E-state index in [4.69, 9.17) is 0 Å². The Hall–Kier alpha value is -2.32. The van der Waals surface area contributed by atoms with Crippen LogP contribution in [0.2, 0.25) is 0 Å². The monoisotopic (exact) mass is 448 g/mol. The van der Waals surface area contributed by atoms with Crippen LogP contribution in [0.5, 0.6) is 0 Å². The minimum absolute atomic E-state index is 0.00810. The normalized spacial score (nSPS) is 24.0. The molecule has 2 aromatic rings. The number of amides is 1. The molecule has 0 aromatic heterocycles. The summed E-state index contributed by atoms with van der Waals surface area (Å²) in [5, 5.41) is 0. The Bertz CT molecular complexity index is 1090. The Labute approximate surface area is 181 Å². The maximum atomic E-state index is 14.7. The van der Waals surface area contributed by atoms with Crippen LogP contribution in [0.15, 0.2) is 42.5 Å². The molecule has 1 amide bonds. The highest BCUT2D eigenvalue weighted by atomic mass is 32.2. The average Bonchev–Trinajstić information content (AvgIpc) is 3.51. The minimum Gasteiger partial charge on any atom is -0.342 e. The largest absolute Gasteiger partial charge is 0.342 e. The number of hydrogen-bond donors (Lipinski definition) is 1. The molecular weight excluding hydrogens is 422 g/mol. The van der Waals surface area contributed by atoms with Crippen LogP contribution in [-0.2, 0) is 14.8 Å². The van der Waals surface area contributed by atoms with Crippen molar-refractivity contribution < 1.29 is 22.0 Å². The molecule has 3 atom stereocenters. The number of sulfonamides is 1. The van der Waals surface area contributed by atoms with Crippen LogP contribution in [-0.4, -0.2) is 44.6 Å². The Kier molecular flexibility index (Phi) is 6.12. The molecule has 2 aliphatic rings. The van der Waals surface area contributed by atoms with Crippen molar-refractivity contribution in [2.24, 2.45) is 5.92 Å². The first-order valence-corrected chi connectivity index (χ1v) is 12.4. The first kappa shape index (κ1) is 21.9.